The molecule has 8 nitrogen and oxygen atoms in total. The lowest BCUT2D eigenvalue weighted by Gasteiger charge is -2.22. The highest BCUT2D eigenvalue weighted by Gasteiger charge is 2.25. The minimum Gasteiger partial charge on any atom is -0.386 e. The first kappa shape index (κ1) is 21.3. The summed E-state index contributed by atoms with van der Waals surface area (Å²) in [6.45, 7) is -0.970. The molecule has 0 fully saturated rings. The summed E-state index contributed by atoms with van der Waals surface area (Å²) in [4.78, 5) is 14.6. The van der Waals surface area contributed by atoms with Crippen LogP contribution < -0.4 is 16.4 Å². The number of halogens is 3. The number of hydrazine groups is 2. The van der Waals surface area contributed by atoms with Gasteiger partial charge in [-0.25, -0.2) is 9.93 Å². The smallest absolute Gasteiger partial charge is 0.253 e. The van der Waals surface area contributed by atoms with Crippen LogP contribution in [0.15, 0.2) is 47.7 Å². The third-order valence-electron chi connectivity index (χ3n) is 4.35. The Balaban J connectivity index is 1.71. The number of aliphatic hydroxyl groups excluding tert-OH is 1. The predicted molar refractivity (Wildman–Crippen MR) is 109 cm³/mol. The molecule has 4 N–H and O–H groups in total. The first-order chi connectivity index (χ1) is 13.9. The molecule has 11 heteroatoms. The molecule has 0 unspecified atom stereocenters. The first-order valence-electron chi connectivity index (χ1n) is 8.62. The summed E-state index contributed by atoms with van der Waals surface area (Å²) in [5, 5.41) is 18.4. The van der Waals surface area contributed by atoms with Crippen LogP contribution in [0.2, 0.25) is 0 Å². The molecule has 154 valence electrons. The summed E-state index contributed by atoms with van der Waals surface area (Å²) in [5.41, 5.74) is 8.32. The van der Waals surface area contributed by atoms with Gasteiger partial charge in [0, 0.05) is 18.8 Å². The first-order valence-corrected chi connectivity index (χ1v) is 9.49. The van der Waals surface area contributed by atoms with Crippen LogP contribution in [0.5, 0.6) is 0 Å². The van der Waals surface area contributed by atoms with Crippen LogP contribution >= 0.6 is 23.2 Å². The Morgan fingerprint density at radius 1 is 1.24 bits per heavy atom. The number of pyridine rings is 1. The van der Waals surface area contributed by atoms with Gasteiger partial charge in [0.1, 0.15) is 18.5 Å². The van der Waals surface area contributed by atoms with Gasteiger partial charge in [0.25, 0.3) is 5.91 Å². The van der Waals surface area contributed by atoms with E-state index in [1.165, 1.54) is 0 Å². The number of hydrazone groups is 1. The Hall–Kier alpha value is -2.46. The van der Waals surface area contributed by atoms with Crippen molar-refractivity contribution in [2.24, 2.45) is 5.10 Å². The van der Waals surface area contributed by atoms with Crippen molar-refractivity contribution >= 4 is 34.9 Å². The lowest BCUT2D eigenvalue weighted by atomic mass is 9.99. The normalized spacial score (nSPS) is 15.7. The van der Waals surface area contributed by atoms with Gasteiger partial charge in [0.05, 0.1) is 6.04 Å². The molecule has 0 saturated heterocycles. The number of amides is 1. The Labute approximate surface area is 176 Å². The highest BCUT2D eigenvalue weighted by Crippen LogP contribution is 2.24. The zero-order valence-electron chi connectivity index (χ0n) is 15.3. The maximum Gasteiger partial charge on any atom is 0.253 e. The fourth-order valence-corrected chi connectivity index (χ4v) is 2.89. The van der Waals surface area contributed by atoms with Crippen molar-refractivity contribution in [2.75, 3.05) is 13.7 Å². The van der Waals surface area contributed by atoms with Crippen LogP contribution in [-0.4, -0.2) is 51.4 Å². The number of benzene rings is 1. The number of alkyl halides is 3. The number of carbonyl (C=O) groups excluding carboxylic acids is 1. The van der Waals surface area contributed by atoms with Gasteiger partial charge in [-0.15, -0.1) is 10.6 Å². The molecular formula is C18H19Cl2FN6O2. The number of aromatic nitrogens is 1. The zero-order chi connectivity index (χ0) is 21.0. The summed E-state index contributed by atoms with van der Waals surface area (Å²) in [6.07, 6.45) is 0.461. The van der Waals surface area contributed by atoms with Crippen molar-refractivity contribution in [3.8, 4) is 11.1 Å². The number of carbonyl (C=O) groups is 1. The number of rotatable bonds is 7. The number of amidine groups is 1. The van der Waals surface area contributed by atoms with Gasteiger partial charge in [-0.3, -0.25) is 14.8 Å². The molecule has 1 aliphatic rings. The number of nitrogens with one attached hydrogen (secondary N) is 3. The van der Waals surface area contributed by atoms with E-state index >= 15 is 0 Å². The van der Waals surface area contributed by atoms with Crippen molar-refractivity contribution in [2.45, 2.75) is 17.0 Å². The van der Waals surface area contributed by atoms with Crippen molar-refractivity contribution in [1.82, 2.24) is 26.4 Å². The topological polar surface area (TPSA) is 102 Å². The summed E-state index contributed by atoms with van der Waals surface area (Å²) in [7, 11) is 1.81. The van der Waals surface area contributed by atoms with Gasteiger partial charge in [0.15, 0.2) is 10.7 Å². The van der Waals surface area contributed by atoms with E-state index in [0.717, 1.165) is 11.1 Å². The van der Waals surface area contributed by atoms with E-state index in [1.807, 2.05) is 19.2 Å². The summed E-state index contributed by atoms with van der Waals surface area (Å²) < 4.78 is 13.3. The number of aliphatic hydroxyl groups is 1. The van der Waals surface area contributed by atoms with Gasteiger partial charge < -0.3 is 10.4 Å². The van der Waals surface area contributed by atoms with Crippen LogP contribution in [0.3, 0.4) is 0 Å². The number of hydrogen-bond acceptors (Lipinski definition) is 7. The molecule has 0 spiro atoms. The van der Waals surface area contributed by atoms with Crippen molar-refractivity contribution < 1.29 is 14.3 Å². The average molecular weight is 441 g/mol. The number of nitrogens with zero attached hydrogens (tertiary/aromatic N) is 3. The minimum atomic E-state index is -1.34. The molecule has 1 amide bonds. The predicted octanol–water partition coefficient (Wildman–Crippen LogP) is 1.66. The monoisotopic (exact) mass is 440 g/mol. The Bertz CT molecular complexity index is 879. The van der Waals surface area contributed by atoms with Gasteiger partial charge in [-0.05, 0) is 17.2 Å². The molecule has 0 bridgehead atoms. The second-order valence-electron chi connectivity index (χ2n) is 6.29. The Morgan fingerprint density at radius 3 is 2.45 bits per heavy atom. The van der Waals surface area contributed by atoms with E-state index in [-0.39, 0.29) is 0 Å². The average Bonchev–Trinajstić information content (AvgIpc) is 3.17. The molecule has 2 aromatic rings. The maximum absolute atomic E-state index is 13.3. The lowest BCUT2D eigenvalue weighted by molar-refractivity contribution is -0.121. The van der Waals surface area contributed by atoms with Gasteiger partial charge in [-0.1, -0.05) is 53.5 Å². The molecule has 1 aromatic carbocycles. The lowest BCUT2D eigenvalue weighted by Crippen LogP contribution is -2.43. The molecule has 29 heavy (non-hydrogen) atoms. The number of hydrogen-bond donors (Lipinski definition) is 4. The maximum atomic E-state index is 13.3. The van der Waals surface area contributed by atoms with Gasteiger partial charge in [-0.2, -0.15) is 0 Å². The molecule has 3 rings (SSSR count). The van der Waals surface area contributed by atoms with Crippen LogP contribution in [0.25, 0.3) is 11.1 Å². The molecular weight excluding hydrogens is 422 g/mol. The van der Waals surface area contributed by atoms with Crippen LogP contribution in [0, 0.1) is 0 Å². The SMILES string of the molecule is CN1NNN=C1c1ccc(-c2ccc([C@@H](O)[C@@H](CF)NC(=O)C(Cl)Cl)cc2)cn1. The van der Waals surface area contributed by atoms with E-state index in [9.17, 15) is 14.3 Å². The van der Waals surface area contributed by atoms with Gasteiger partial charge in [0.2, 0.25) is 0 Å². The second-order valence-corrected chi connectivity index (χ2v) is 7.38. The van der Waals surface area contributed by atoms with Crippen molar-refractivity contribution in [3.05, 3.63) is 53.9 Å². The summed E-state index contributed by atoms with van der Waals surface area (Å²) in [6, 6.07) is 9.45. The standard InChI is InChI=1S/C18H19Cl2FN6O2/c1-27-17(24-25-26-27)13-7-6-12(9-22-13)10-2-4-11(5-3-10)15(28)14(8-21)23-18(29)16(19)20/h2-7,9,14-16,25-26,28H,8H2,1H3,(H,23,29)/t14-,15-/m1/s1. The molecule has 2 atom stereocenters. The van der Waals surface area contributed by atoms with Crippen LogP contribution in [-0.2, 0) is 4.79 Å². The molecule has 1 aliphatic heterocycles. The largest absolute Gasteiger partial charge is 0.386 e. The fourth-order valence-electron chi connectivity index (χ4n) is 2.76. The second kappa shape index (κ2) is 9.36. The van der Waals surface area contributed by atoms with Crippen molar-refractivity contribution in [3.63, 3.8) is 0 Å². The van der Waals surface area contributed by atoms with E-state index < -0.39 is 29.6 Å². The zero-order valence-corrected chi connectivity index (χ0v) is 16.8. The molecule has 1 aromatic heterocycles. The Kier molecular flexibility index (Phi) is 6.86. The highest BCUT2D eigenvalue weighted by atomic mass is 35.5. The van der Waals surface area contributed by atoms with Crippen LogP contribution in [0.4, 0.5) is 4.39 Å². The summed E-state index contributed by atoms with van der Waals surface area (Å²) in [5.74, 6) is -0.105. The van der Waals surface area contributed by atoms with Crippen molar-refractivity contribution in [1.29, 1.82) is 0 Å². The third-order valence-corrected chi connectivity index (χ3v) is 4.74. The Morgan fingerprint density at radius 2 is 1.93 bits per heavy atom. The van der Waals surface area contributed by atoms with Gasteiger partial charge >= 0.3 is 0 Å². The fraction of sp³-hybridized carbons (Fsp3) is 0.278. The summed E-state index contributed by atoms with van der Waals surface area (Å²) >= 11 is 10.9. The van der Waals surface area contributed by atoms with E-state index in [4.69, 9.17) is 23.2 Å². The quantitative estimate of drug-likeness (QED) is 0.488. The van der Waals surface area contributed by atoms with Crippen LogP contribution in [0.1, 0.15) is 17.4 Å². The molecule has 0 aliphatic carbocycles. The van der Waals surface area contributed by atoms with E-state index in [0.29, 0.717) is 17.1 Å². The molecule has 0 saturated carbocycles. The molecule has 2 heterocycles. The minimum absolute atomic E-state index is 0.445. The molecule has 0 radical (unpaired) electrons. The van der Waals surface area contributed by atoms with E-state index in [1.54, 1.807) is 35.5 Å². The third kappa shape index (κ3) is 4.94. The highest BCUT2D eigenvalue weighted by molar-refractivity contribution is 6.53. The van der Waals surface area contributed by atoms with E-state index in [2.05, 4.69) is 26.5 Å².